The third kappa shape index (κ3) is 5.72. The third-order valence-electron chi connectivity index (χ3n) is 5.12. The Kier molecular flexibility index (Phi) is 7.14. The molecule has 0 unspecified atom stereocenters. The van der Waals surface area contributed by atoms with E-state index in [1.54, 1.807) is 22.4 Å². The van der Waals surface area contributed by atoms with Gasteiger partial charge in [-0.2, -0.15) is 0 Å². The zero-order valence-corrected chi connectivity index (χ0v) is 18.7. The zero-order valence-electron chi connectivity index (χ0n) is 17.9. The van der Waals surface area contributed by atoms with Crippen LogP contribution >= 0.6 is 11.3 Å². The molecule has 1 aromatic heterocycles. The molecule has 0 atom stereocenters. The number of aryl methyl sites for hydroxylation is 1. The molecular formula is C24H25N3O4S. The molecule has 0 bridgehead atoms. The van der Waals surface area contributed by atoms with E-state index < -0.39 is 0 Å². The van der Waals surface area contributed by atoms with E-state index in [0.717, 1.165) is 16.3 Å². The summed E-state index contributed by atoms with van der Waals surface area (Å²) in [5, 5.41) is 5.34. The Morgan fingerprint density at radius 1 is 1.09 bits per heavy atom. The van der Waals surface area contributed by atoms with Crippen LogP contribution in [0.2, 0.25) is 0 Å². The fourth-order valence-electron chi connectivity index (χ4n) is 3.25. The summed E-state index contributed by atoms with van der Waals surface area (Å²) >= 11 is 1.39. The number of morpholine rings is 1. The molecule has 2 amide bonds. The molecule has 166 valence electrons. The fraction of sp³-hybridized carbons (Fsp3) is 0.292. The molecule has 32 heavy (non-hydrogen) atoms. The minimum atomic E-state index is -0.240. The number of thiazole rings is 1. The lowest BCUT2D eigenvalue weighted by Gasteiger charge is -2.26. The molecular weight excluding hydrogens is 426 g/mol. The summed E-state index contributed by atoms with van der Waals surface area (Å²) in [5.74, 6) is 0.537. The number of amides is 2. The van der Waals surface area contributed by atoms with E-state index in [9.17, 15) is 9.59 Å². The zero-order chi connectivity index (χ0) is 22.3. The Balaban J connectivity index is 1.26. The summed E-state index contributed by atoms with van der Waals surface area (Å²) in [6.45, 7) is 5.08. The molecule has 1 N–H and O–H groups in total. The van der Waals surface area contributed by atoms with Gasteiger partial charge in [0.2, 0.25) is 0 Å². The van der Waals surface area contributed by atoms with Gasteiger partial charge in [0, 0.05) is 30.6 Å². The van der Waals surface area contributed by atoms with Crippen molar-refractivity contribution >= 4 is 23.2 Å². The van der Waals surface area contributed by atoms with Crippen LogP contribution in [0.3, 0.4) is 0 Å². The van der Waals surface area contributed by atoms with E-state index in [0.29, 0.717) is 50.7 Å². The maximum absolute atomic E-state index is 12.5. The number of hydrogen-bond donors (Lipinski definition) is 1. The number of carbonyl (C=O) groups is 2. The SMILES string of the molecule is Cc1ccc(OCc2nc(C(=O)NCc3ccc(C(=O)N4CCOCC4)cc3)cs2)cc1. The molecule has 2 heterocycles. The number of benzene rings is 2. The van der Waals surface area contributed by atoms with Crippen LogP contribution in [0.15, 0.2) is 53.9 Å². The highest BCUT2D eigenvalue weighted by Gasteiger charge is 2.18. The van der Waals surface area contributed by atoms with Gasteiger partial charge in [-0.3, -0.25) is 9.59 Å². The molecule has 4 rings (SSSR count). The van der Waals surface area contributed by atoms with Gasteiger partial charge in [0.05, 0.1) is 13.2 Å². The molecule has 8 heteroatoms. The highest BCUT2D eigenvalue weighted by atomic mass is 32.1. The molecule has 1 fully saturated rings. The summed E-state index contributed by atoms with van der Waals surface area (Å²) in [6, 6.07) is 15.1. The highest BCUT2D eigenvalue weighted by molar-refractivity contribution is 7.09. The van der Waals surface area contributed by atoms with Crippen LogP contribution in [0, 0.1) is 6.92 Å². The Labute approximate surface area is 191 Å². The van der Waals surface area contributed by atoms with E-state index in [4.69, 9.17) is 9.47 Å². The molecule has 0 saturated carbocycles. The molecule has 2 aromatic carbocycles. The predicted octanol–water partition coefficient (Wildman–Crippen LogP) is 3.43. The molecule has 7 nitrogen and oxygen atoms in total. The molecule has 3 aromatic rings. The highest BCUT2D eigenvalue weighted by Crippen LogP contribution is 2.16. The first-order valence-electron chi connectivity index (χ1n) is 10.5. The van der Waals surface area contributed by atoms with Gasteiger partial charge >= 0.3 is 0 Å². The smallest absolute Gasteiger partial charge is 0.271 e. The van der Waals surface area contributed by atoms with E-state index >= 15 is 0 Å². The average Bonchev–Trinajstić information content (AvgIpc) is 3.32. The minimum Gasteiger partial charge on any atom is -0.486 e. The number of carbonyl (C=O) groups excluding carboxylic acids is 2. The van der Waals surface area contributed by atoms with Crippen molar-refractivity contribution < 1.29 is 19.1 Å². The number of nitrogens with zero attached hydrogens (tertiary/aromatic N) is 2. The first-order valence-corrected chi connectivity index (χ1v) is 11.3. The van der Waals surface area contributed by atoms with Crippen LogP contribution in [-0.2, 0) is 17.9 Å². The Morgan fingerprint density at radius 3 is 2.53 bits per heavy atom. The summed E-state index contributed by atoms with van der Waals surface area (Å²) < 4.78 is 11.0. The van der Waals surface area contributed by atoms with Crippen molar-refractivity contribution in [2.75, 3.05) is 26.3 Å². The number of nitrogens with one attached hydrogen (secondary N) is 1. The second-order valence-corrected chi connectivity index (χ2v) is 8.46. The summed E-state index contributed by atoms with van der Waals surface area (Å²) in [7, 11) is 0. The molecule has 0 radical (unpaired) electrons. The van der Waals surface area contributed by atoms with Crippen molar-refractivity contribution in [3.63, 3.8) is 0 Å². The normalized spacial score (nSPS) is 13.6. The van der Waals surface area contributed by atoms with Gasteiger partial charge in [0.25, 0.3) is 11.8 Å². The third-order valence-corrected chi connectivity index (χ3v) is 5.94. The van der Waals surface area contributed by atoms with Gasteiger partial charge in [0.15, 0.2) is 0 Å². The van der Waals surface area contributed by atoms with Crippen LogP contribution in [0.4, 0.5) is 0 Å². The van der Waals surface area contributed by atoms with Crippen LogP contribution in [0.1, 0.15) is 37.0 Å². The molecule has 1 aliphatic rings. The van der Waals surface area contributed by atoms with Crippen molar-refractivity contribution in [1.82, 2.24) is 15.2 Å². The summed E-state index contributed by atoms with van der Waals surface area (Å²) in [5.41, 5.74) is 3.09. The maximum atomic E-state index is 12.5. The largest absolute Gasteiger partial charge is 0.486 e. The monoisotopic (exact) mass is 451 g/mol. The standard InChI is InChI=1S/C24H25N3O4S/c1-17-2-8-20(9-3-17)31-15-22-26-21(16-32-22)23(28)25-14-18-4-6-19(7-5-18)24(29)27-10-12-30-13-11-27/h2-9,16H,10-15H2,1H3,(H,25,28). The van der Waals surface area contributed by atoms with Gasteiger partial charge in [-0.1, -0.05) is 29.8 Å². The number of rotatable bonds is 7. The van der Waals surface area contributed by atoms with Crippen molar-refractivity contribution in [1.29, 1.82) is 0 Å². The van der Waals surface area contributed by atoms with Gasteiger partial charge < -0.3 is 19.7 Å². The number of ether oxygens (including phenoxy) is 2. The second kappa shape index (κ2) is 10.4. The van der Waals surface area contributed by atoms with Gasteiger partial charge in [-0.05, 0) is 36.8 Å². The number of hydrogen-bond acceptors (Lipinski definition) is 6. The van der Waals surface area contributed by atoms with Crippen LogP contribution < -0.4 is 10.1 Å². The lowest BCUT2D eigenvalue weighted by Crippen LogP contribution is -2.40. The first kappa shape index (κ1) is 22.0. The van der Waals surface area contributed by atoms with E-state index in [2.05, 4.69) is 10.3 Å². The quantitative estimate of drug-likeness (QED) is 0.595. The maximum Gasteiger partial charge on any atom is 0.271 e. The van der Waals surface area contributed by atoms with E-state index in [1.165, 1.54) is 16.9 Å². The van der Waals surface area contributed by atoms with Gasteiger partial charge in [-0.25, -0.2) is 4.98 Å². The van der Waals surface area contributed by atoms with Gasteiger partial charge in [-0.15, -0.1) is 11.3 Å². The van der Waals surface area contributed by atoms with Crippen LogP contribution in [-0.4, -0.2) is 48.0 Å². The predicted molar refractivity (Wildman–Crippen MR) is 122 cm³/mol. The average molecular weight is 452 g/mol. The molecule has 0 spiro atoms. The molecule has 1 aliphatic heterocycles. The first-order chi connectivity index (χ1) is 15.6. The van der Waals surface area contributed by atoms with Crippen LogP contribution in [0.5, 0.6) is 5.75 Å². The van der Waals surface area contributed by atoms with Gasteiger partial charge in [0.1, 0.15) is 23.1 Å². The van der Waals surface area contributed by atoms with Crippen molar-refractivity contribution in [3.8, 4) is 5.75 Å². The summed E-state index contributed by atoms with van der Waals surface area (Å²) in [6.07, 6.45) is 0. The minimum absolute atomic E-state index is 0.00624. The lowest BCUT2D eigenvalue weighted by atomic mass is 10.1. The van der Waals surface area contributed by atoms with Crippen molar-refractivity contribution in [2.24, 2.45) is 0 Å². The Morgan fingerprint density at radius 2 is 1.81 bits per heavy atom. The van der Waals surface area contributed by atoms with E-state index in [1.807, 2.05) is 43.3 Å². The topological polar surface area (TPSA) is 80.8 Å². The Hall–Kier alpha value is -3.23. The second-order valence-electron chi connectivity index (χ2n) is 7.51. The van der Waals surface area contributed by atoms with Crippen molar-refractivity contribution in [3.05, 3.63) is 81.3 Å². The fourth-order valence-corrected chi connectivity index (χ4v) is 3.93. The lowest BCUT2D eigenvalue weighted by molar-refractivity contribution is 0.0303. The Bertz CT molecular complexity index is 1060. The van der Waals surface area contributed by atoms with E-state index in [-0.39, 0.29) is 11.8 Å². The molecule has 1 saturated heterocycles. The summed E-state index contributed by atoms with van der Waals surface area (Å²) in [4.78, 5) is 31.1. The van der Waals surface area contributed by atoms with Crippen molar-refractivity contribution in [2.45, 2.75) is 20.1 Å². The number of aromatic nitrogens is 1. The molecule has 0 aliphatic carbocycles. The van der Waals surface area contributed by atoms with Crippen LogP contribution in [0.25, 0.3) is 0 Å².